The minimum absolute atomic E-state index is 0.276. The molecule has 19 heavy (non-hydrogen) atoms. The van der Waals surface area contributed by atoms with Crippen LogP contribution in [0, 0.1) is 6.92 Å². The molecule has 0 aliphatic rings. The number of nitrogen functional groups attached to an aromatic ring is 1. The third-order valence-corrected chi connectivity index (χ3v) is 3.44. The topological polar surface area (TPSA) is 99.0 Å². The number of carbonyl (C=O) groups excluding carboxylic acids is 1. The van der Waals surface area contributed by atoms with Gasteiger partial charge in [0.1, 0.15) is 0 Å². The zero-order chi connectivity index (χ0) is 14.2. The number of hydrogen-bond acceptors (Lipinski definition) is 4. The number of nitrogens with two attached hydrogens (primary N) is 2. The Morgan fingerprint density at radius 2 is 2.11 bits per heavy atom. The van der Waals surface area contributed by atoms with Crippen molar-refractivity contribution >= 4 is 39.0 Å². The minimum Gasteiger partial charge on any atom is -0.398 e. The van der Waals surface area contributed by atoms with Gasteiger partial charge in [-0.15, -0.1) is 0 Å². The van der Waals surface area contributed by atoms with Crippen LogP contribution in [0.5, 0.6) is 0 Å². The lowest BCUT2D eigenvalue weighted by Crippen LogP contribution is -2.14. The standard InChI is InChI=1S/C12H14BrN5O/c1-6-3-11(17-18(6)2)16-10-4-7(12(15)19)9(14)5-8(10)13/h3-5H,14H2,1-2H3,(H2,15,19)(H,16,17). The van der Waals surface area contributed by atoms with Crippen molar-refractivity contribution in [2.24, 2.45) is 12.8 Å². The molecule has 0 unspecified atom stereocenters. The van der Waals surface area contributed by atoms with Gasteiger partial charge in [0.05, 0.1) is 11.3 Å². The number of aryl methyl sites for hydroxylation is 2. The van der Waals surface area contributed by atoms with Crippen molar-refractivity contribution in [3.63, 3.8) is 0 Å². The highest BCUT2D eigenvalue weighted by atomic mass is 79.9. The smallest absolute Gasteiger partial charge is 0.250 e. The third kappa shape index (κ3) is 2.70. The number of nitrogens with one attached hydrogen (secondary N) is 1. The van der Waals surface area contributed by atoms with E-state index >= 15 is 0 Å². The number of halogens is 1. The lowest BCUT2D eigenvalue weighted by molar-refractivity contribution is 0.100. The average Bonchev–Trinajstić information content (AvgIpc) is 2.61. The highest BCUT2D eigenvalue weighted by Crippen LogP contribution is 2.30. The van der Waals surface area contributed by atoms with E-state index in [4.69, 9.17) is 11.5 Å². The highest BCUT2D eigenvalue weighted by Gasteiger charge is 2.11. The molecular formula is C12H14BrN5O. The number of aromatic nitrogens is 2. The minimum atomic E-state index is -0.565. The van der Waals surface area contributed by atoms with Crippen molar-refractivity contribution in [3.8, 4) is 0 Å². The SMILES string of the molecule is Cc1cc(Nc2cc(C(N)=O)c(N)cc2Br)nn1C. The van der Waals surface area contributed by atoms with E-state index in [1.807, 2.05) is 20.0 Å². The van der Waals surface area contributed by atoms with Gasteiger partial charge >= 0.3 is 0 Å². The number of carbonyl (C=O) groups is 1. The van der Waals surface area contributed by atoms with E-state index < -0.39 is 5.91 Å². The van der Waals surface area contributed by atoms with Gasteiger partial charge in [0.15, 0.2) is 5.82 Å². The van der Waals surface area contributed by atoms with E-state index in [2.05, 4.69) is 26.3 Å². The summed E-state index contributed by atoms with van der Waals surface area (Å²) in [6.45, 7) is 1.95. The summed E-state index contributed by atoms with van der Waals surface area (Å²) < 4.78 is 2.49. The van der Waals surface area contributed by atoms with Crippen molar-refractivity contribution in [2.75, 3.05) is 11.1 Å². The normalized spacial score (nSPS) is 10.5. The first-order valence-electron chi connectivity index (χ1n) is 5.55. The molecule has 0 atom stereocenters. The fraction of sp³-hybridized carbons (Fsp3) is 0.167. The summed E-state index contributed by atoms with van der Waals surface area (Å²) in [4.78, 5) is 11.3. The van der Waals surface area contributed by atoms with Crippen LogP contribution in [0.3, 0.4) is 0 Å². The van der Waals surface area contributed by atoms with E-state index in [9.17, 15) is 4.79 Å². The first-order chi connectivity index (χ1) is 8.88. The van der Waals surface area contributed by atoms with Gasteiger partial charge in [0.25, 0.3) is 5.91 Å². The fourth-order valence-electron chi connectivity index (χ4n) is 1.66. The molecule has 0 spiro atoms. The summed E-state index contributed by atoms with van der Waals surface area (Å²) in [6, 6.07) is 5.14. The predicted octanol–water partition coefficient (Wildman–Crippen LogP) is 1.92. The van der Waals surface area contributed by atoms with Gasteiger partial charge in [-0.05, 0) is 35.0 Å². The van der Waals surface area contributed by atoms with E-state index in [0.29, 0.717) is 17.2 Å². The molecular weight excluding hydrogens is 310 g/mol. The molecule has 6 nitrogen and oxygen atoms in total. The van der Waals surface area contributed by atoms with Gasteiger partial charge in [-0.3, -0.25) is 9.48 Å². The second-order valence-electron chi connectivity index (χ2n) is 4.20. The number of amides is 1. The molecule has 2 rings (SSSR count). The van der Waals surface area contributed by atoms with Crippen LogP contribution < -0.4 is 16.8 Å². The molecule has 0 radical (unpaired) electrons. The Morgan fingerprint density at radius 3 is 2.63 bits per heavy atom. The first-order valence-corrected chi connectivity index (χ1v) is 6.34. The fourth-order valence-corrected chi connectivity index (χ4v) is 2.12. The van der Waals surface area contributed by atoms with Gasteiger partial charge in [0.2, 0.25) is 0 Å². The van der Waals surface area contributed by atoms with E-state index in [0.717, 1.165) is 10.2 Å². The maximum atomic E-state index is 11.3. The largest absolute Gasteiger partial charge is 0.398 e. The lowest BCUT2D eigenvalue weighted by Gasteiger charge is -2.09. The molecule has 1 aromatic carbocycles. The summed E-state index contributed by atoms with van der Waals surface area (Å²) in [7, 11) is 1.85. The van der Waals surface area contributed by atoms with Crippen molar-refractivity contribution in [3.05, 3.63) is 33.9 Å². The molecule has 1 aromatic heterocycles. The third-order valence-electron chi connectivity index (χ3n) is 2.78. The van der Waals surface area contributed by atoms with Crippen LogP contribution in [0.1, 0.15) is 16.1 Å². The number of hydrogen-bond donors (Lipinski definition) is 3. The van der Waals surface area contributed by atoms with Crippen LogP contribution in [0.2, 0.25) is 0 Å². The molecule has 1 amide bonds. The lowest BCUT2D eigenvalue weighted by atomic mass is 10.1. The van der Waals surface area contributed by atoms with Gasteiger partial charge in [-0.1, -0.05) is 0 Å². The molecule has 0 saturated carbocycles. The molecule has 0 aliphatic carbocycles. The number of nitrogens with zero attached hydrogens (tertiary/aromatic N) is 2. The Hall–Kier alpha value is -2.02. The summed E-state index contributed by atoms with van der Waals surface area (Å²) >= 11 is 3.38. The van der Waals surface area contributed by atoms with Crippen molar-refractivity contribution in [2.45, 2.75) is 6.92 Å². The molecule has 100 valence electrons. The second kappa shape index (κ2) is 4.93. The Balaban J connectivity index is 2.39. The van der Waals surface area contributed by atoms with E-state index in [-0.39, 0.29) is 5.56 Å². The number of primary amides is 1. The van der Waals surface area contributed by atoms with Gasteiger partial charge in [-0.2, -0.15) is 5.10 Å². The van der Waals surface area contributed by atoms with Crippen LogP contribution in [-0.4, -0.2) is 15.7 Å². The molecule has 0 bridgehead atoms. The van der Waals surface area contributed by atoms with Crippen LogP contribution in [-0.2, 0) is 7.05 Å². The molecule has 0 aliphatic heterocycles. The molecule has 0 fully saturated rings. The monoisotopic (exact) mass is 323 g/mol. The van der Waals surface area contributed by atoms with E-state index in [1.165, 1.54) is 0 Å². The number of anilines is 3. The summed E-state index contributed by atoms with van der Waals surface area (Å²) in [5.74, 6) is 0.117. The van der Waals surface area contributed by atoms with Gasteiger partial charge < -0.3 is 16.8 Å². The number of rotatable bonds is 3. The van der Waals surface area contributed by atoms with E-state index in [1.54, 1.807) is 16.8 Å². The van der Waals surface area contributed by atoms with Crippen LogP contribution >= 0.6 is 15.9 Å². The molecule has 0 saturated heterocycles. The highest BCUT2D eigenvalue weighted by molar-refractivity contribution is 9.10. The average molecular weight is 324 g/mol. The van der Waals surface area contributed by atoms with Crippen molar-refractivity contribution in [1.29, 1.82) is 0 Å². The van der Waals surface area contributed by atoms with Gasteiger partial charge in [-0.25, -0.2) is 0 Å². The maximum absolute atomic E-state index is 11.3. The Morgan fingerprint density at radius 1 is 1.42 bits per heavy atom. The molecule has 1 heterocycles. The van der Waals surface area contributed by atoms with Crippen molar-refractivity contribution < 1.29 is 4.79 Å². The molecule has 7 heteroatoms. The maximum Gasteiger partial charge on any atom is 0.250 e. The summed E-state index contributed by atoms with van der Waals surface area (Å²) in [5.41, 5.74) is 13.3. The Bertz CT molecular complexity index is 630. The quantitative estimate of drug-likeness (QED) is 0.751. The number of benzene rings is 1. The van der Waals surface area contributed by atoms with Crippen LogP contribution in [0.25, 0.3) is 0 Å². The van der Waals surface area contributed by atoms with Crippen LogP contribution in [0.15, 0.2) is 22.7 Å². The summed E-state index contributed by atoms with van der Waals surface area (Å²) in [6.07, 6.45) is 0. The molecule has 5 N–H and O–H groups in total. The second-order valence-corrected chi connectivity index (χ2v) is 5.06. The zero-order valence-electron chi connectivity index (χ0n) is 10.6. The Kier molecular flexibility index (Phi) is 3.48. The summed E-state index contributed by atoms with van der Waals surface area (Å²) in [5, 5.41) is 7.40. The first kappa shape index (κ1) is 13.4. The zero-order valence-corrected chi connectivity index (χ0v) is 12.2. The van der Waals surface area contributed by atoms with Crippen molar-refractivity contribution in [1.82, 2.24) is 9.78 Å². The Labute approximate surface area is 118 Å². The predicted molar refractivity (Wildman–Crippen MR) is 78.3 cm³/mol. The van der Waals surface area contributed by atoms with Gasteiger partial charge in [0, 0.05) is 29.0 Å². The van der Waals surface area contributed by atoms with Crippen LogP contribution in [0.4, 0.5) is 17.2 Å². The molecule has 2 aromatic rings.